The fraction of sp³-hybridized carbons (Fsp3) is 0.0435. The molecule has 0 aliphatic rings. The van der Waals surface area contributed by atoms with Gasteiger partial charge in [-0.25, -0.2) is 5.43 Å². The molecule has 4 rings (SSSR count). The average Bonchev–Trinajstić information content (AvgIpc) is 3.09. The first-order chi connectivity index (χ1) is 14.5. The molecule has 0 spiro atoms. The first kappa shape index (κ1) is 20.9. The van der Waals surface area contributed by atoms with Crippen LogP contribution in [0.2, 0.25) is 10.0 Å². The number of hydrogen-bond acceptors (Lipinski definition) is 2. The van der Waals surface area contributed by atoms with Gasteiger partial charge in [0.2, 0.25) is 0 Å². The van der Waals surface area contributed by atoms with Crippen LogP contribution in [0.25, 0.3) is 10.9 Å². The van der Waals surface area contributed by atoms with Gasteiger partial charge in [0.1, 0.15) is 0 Å². The molecular formula is C23H16Cl2IN3O. The summed E-state index contributed by atoms with van der Waals surface area (Å²) in [5.41, 5.74) is 6.17. The number of aromatic nitrogens is 1. The van der Waals surface area contributed by atoms with Gasteiger partial charge in [-0.15, -0.1) is 0 Å². The number of fused-ring (bicyclic) bond motifs is 1. The monoisotopic (exact) mass is 547 g/mol. The topological polar surface area (TPSA) is 46.4 Å². The average molecular weight is 548 g/mol. The Kier molecular flexibility index (Phi) is 6.41. The number of halogens is 3. The van der Waals surface area contributed by atoms with Gasteiger partial charge >= 0.3 is 0 Å². The summed E-state index contributed by atoms with van der Waals surface area (Å²) in [6, 6.07) is 21.0. The predicted molar refractivity (Wildman–Crippen MR) is 132 cm³/mol. The van der Waals surface area contributed by atoms with Crippen molar-refractivity contribution in [3.8, 4) is 0 Å². The maximum Gasteiger partial charge on any atom is 0.271 e. The molecule has 4 nitrogen and oxygen atoms in total. The van der Waals surface area contributed by atoms with Gasteiger partial charge in [0.05, 0.1) is 16.3 Å². The van der Waals surface area contributed by atoms with Crippen molar-refractivity contribution in [2.24, 2.45) is 5.10 Å². The van der Waals surface area contributed by atoms with Gasteiger partial charge in [0.25, 0.3) is 5.91 Å². The fourth-order valence-electron chi connectivity index (χ4n) is 3.17. The van der Waals surface area contributed by atoms with Crippen LogP contribution < -0.4 is 5.43 Å². The fourth-order valence-corrected chi connectivity index (χ4v) is 3.85. The maximum absolute atomic E-state index is 12.3. The lowest BCUT2D eigenvalue weighted by Crippen LogP contribution is -2.17. The Morgan fingerprint density at radius 3 is 2.57 bits per heavy atom. The maximum atomic E-state index is 12.3. The number of para-hydroxylation sites is 1. The Morgan fingerprint density at radius 2 is 1.80 bits per heavy atom. The van der Waals surface area contributed by atoms with E-state index in [1.54, 1.807) is 24.4 Å². The van der Waals surface area contributed by atoms with Gasteiger partial charge in [0.15, 0.2) is 0 Å². The van der Waals surface area contributed by atoms with Gasteiger partial charge in [-0.05, 0) is 70.6 Å². The smallest absolute Gasteiger partial charge is 0.271 e. The molecule has 3 aromatic carbocycles. The molecule has 0 atom stereocenters. The zero-order chi connectivity index (χ0) is 21.1. The van der Waals surface area contributed by atoms with Gasteiger partial charge in [-0.2, -0.15) is 5.10 Å². The Labute approximate surface area is 197 Å². The minimum Gasteiger partial charge on any atom is -0.342 e. The summed E-state index contributed by atoms with van der Waals surface area (Å²) in [4.78, 5) is 12.3. The Balaban J connectivity index is 1.57. The molecule has 1 aromatic heterocycles. The van der Waals surface area contributed by atoms with Crippen molar-refractivity contribution in [3.63, 3.8) is 0 Å². The SMILES string of the molecule is O=C(N/N=C\c1cn(Cc2ccc(Cl)c(Cl)c2)c2ccccc12)c1ccc(I)cc1. The second-order valence-electron chi connectivity index (χ2n) is 6.68. The van der Waals surface area contributed by atoms with E-state index in [2.05, 4.69) is 37.7 Å². The van der Waals surface area contributed by atoms with Crippen molar-refractivity contribution in [2.45, 2.75) is 6.54 Å². The second kappa shape index (κ2) is 9.20. The number of amides is 1. The molecular weight excluding hydrogens is 532 g/mol. The Bertz CT molecular complexity index is 1250. The van der Waals surface area contributed by atoms with Crippen LogP contribution in [-0.4, -0.2) is 16.7 Å². The van der Waals surface area contributed by atoms with Crippen molar-refractivity contribution < 1.29 is 4.79 Å². The lowest BCUT2D eigenvalue weighted by atomic mass is 10.2. The van der Waals surface area contributed by atoms with E-state index in [4.69, 9.17) is 23.2 Å². The number of benzene rings is 3. The third-order valence-electron chi connectivity index (χ3n) is 4.63. The summed E-state index contributed by atoms with van der Waals surface area (Å²) in [6.07, 6.45) is 3.67. The van der Waals surface area contributed by atoms with Crippen molar-refractivity contribution in [3.05, 3.63) is 103 Å². The van der Waals surface area contributed by atoms with Crippen LogP contribution in [0.1, 0.15) is 21.5 Å². The molecule has 1 heterocycles. The van der Waals surface area contributed by atoms with Crippen molar-refractivity contribution in [2.75, 3.05) is 0 Å². The molecule has 0 fully saturated rings. The normalized spacial score (nSPS) is 11.3. The third-order valence-corrected chi connectivity index (χ3v) is 6.09. The molecule has 4 aromatic rings. The van der Waals surface area contributed by atoms with E-state index < -0.39 is 0 Å². The minimum absolute atomic E-state index is 0.248. The highest BCUT2D eigenvalue weighted by Gasteiger charge is 2.09. The molecule has 0 saturated carbocycles. The van der Waals surface area contributed by atoms with E-state index in [1.165, 1.54) is 0 Å². The first-order valence-corrected chi connectivity index (χ1v) is 11.0. The van der Waals surface area contributed by atoms with Crippen LogP contribution in [-0.2, 0) is 6.54 Å². The van der Waals surface area contributed by atoms with Crippen molar-refractivity contribution in [1.29, 1.82) is 0 Å². The highest BCUT2D eigenvalue weighted by atomic mass is 127. The van der Waals surface area contributed by atoms with Gasteiger partial charge in [-0.1, -0.05) is 47.5 Å². The number of carbonyl (C=O) groups excluding carboxylic acids is 1. The molecule has 0 unspecified atom stereocenters. The van der Waals surface area contributed by atoms with Crippen LogP contribution in [0.15, 0.2) is 78.0 Å². The van der Waals surface area contributed by atoms with E-state index in [-0.39, 0.29) is 5.91 Å². The highest BCUT2D eigenvalue weighted by Crippen LogP contribution is 2.25. The molecule has 7 heteroatoms. The zero-order valence-electron chi connectivity index (χ0n) is 15.6. The predicted octanol–water partition coefficient (Wildman–Crippen LogP) is 6.36. The number of carbonyl (C=O) groups is 1. The van der Waals surface area contributed by atoms with E-state index >= 15 is 0 Å². The van der Waals surface area contributed by atoms with Crippen molar-refractivity contribution >= 4 is 68.8 Å². The summed E-state index contributed by atoms with van der Waals surface area (Å²) in [5.74, 6) is -0.248. The molecule has 0 bridgehead atoms. The zero-order valence-corrected chi connectivity index (χ0v) is 19.3. The van der Waals surface area contributed by atoms with Gasteiger partial charge in [0, 0.05) is 38.3 Å². The molecule has 0 aliphatic heterocycles. The number of rotatable bonds is 5. The minimum atomic E-state index is -0.248. The first-order valence-electron chi connectivity index (χ1n) is 9.12. The van der Waals surface area contributed by atoms with E-state index in [1.807, 2.05) is 54.7 Å². The lowest BCUT2D eigenvalue weighted by molar-refractivity contribution is 0.0955. The lowest BCUT2D eigenvalue weighted by Gasteiger charge is -2.06. The summed E-state index contributed by atoms with van der Waals surface area (Å²) < 4.78 is 3.19. The molecule has 0 radical (unpaired) electrons. The molecule has 1 N–H and O–H groups in total. The summed E-state index contributed by atoms with van der Waals surface area (Å²) in [7, 11) is 0. The van der Waals surface area contributed by atoms with Crippen LogP contribution >= 0.6 is 45.8 Å². The largest absolute Gasteiger partial charge is 0.342 e. The second-order valence-corrected chi connectivity index (χ2v) is 8.74. The van der Waals surface area contributed by atoms with Crippen LogP contribution in [0.4, 0.5) is 0 Å². The van der Waals surface area contributed by atoms with E-state index in [0.29, 0.717) is 22.2 Å². The molecule has 150 valence electrons. The third kappa shape index (κ3) is 4.69. The number of nitrogens with one attached hydrogen (secondary N) is 1. The Morgan fingerprint density at radius 1 is 1.03 bits per heavy atom. The van der Waals surface area contributed by atoms with Crippen LogP contribution in [0, 0.1) is 3.57 Å². The molecule has 0 aliphatic carbocycles. The van der Waals surface area contributed by atoms with Crippen LogP contribution in [0.3, 0.4) is 0 Å². The number of hydrazone groups is 1. The van der Waals surface area contributed by atoms with Gasteiger partial charge < -0.3 is 4.57 Å². The van der Waals surface area contributed by atoms with Crippen LogP contribution in [0.5, 0.6) is 0 Å². The van der Waals surface area contributed by atoms with Gasteiger partial charge in [-0.3, -0.25) is 4.79 Å². The molecule has 0 saturated heterocycles. The van der Waals surface area contributed by atoms with E-state index in [9.17, 15) is 4.79 Å². The number of hydrogen-bond donors (Lipinski definition) is 1. The summed E-state index contributed by atoms with van der Waals surface area (Å²) in [6.45, 7) is 0.639. The molecule has 1 amide bonds. The highest BCUT2D eigenvalue weighted by molar-refractivity contribution is 14.1. The quantitative estimate of drug-likeness (QED) is 0.176. The van der Waals surface area contributed by atoms with E-state index in [0.717, 1.165) is 25.6 Å². The summed E-state index contributed by atoms with van der Waals surface area (Å²) in [5, 5.41) is 6.27. The van der Waals surface area contributed by atoms with Crippen molar-refractivity contribution in [1.82, 2.24) is 9.99 Å². The number of nitrogens with zero attached hydrogens (tertiary/aromatic N) is 2. The standard InChI is InChI=1S/C23H16Cl2IN3O/c24-20-10-5-15(11-21(20)25)13-29-14-17(19-3-1-2-4-22(19)29)12-27-28-23(30)16-6-8-18(26)9-7-16/h1-12,14H,13H2,(H,28,30)/b27-12-. The Hall–Kier alpha value is -2.35. The summed E-state index contributed by atoms with van der Waals surface area (Å²) >= 11 is 14.4. The molecule has 30 heavy (non-hydrogen) atoms.